The van der Waals surface area contributed by atoms with Crippen LogP contribution in [-0.4, -0.2) is 16.6 Å². The lowest BCUT2D eigenvalue weighted by Crippen LogP contribution is -2.45. The number of hydrogen-bond donors (Lipinski definition) is 2. The molecule has 0 aliphatic heterocycles. The molecule has 0 heterocycles. The van der Waals surface area contributed by atoms with Crippen LogP contribution in [0.25, 0.3) is 0 Å². The molecule has 3 N–H and O–H groups in total. The molecule has 1 aromatic carbocycles. The Morgan fingerprint density at radius 2 is 2.07 bits per heavy atom. The van der Waals surface area contributed by atoms with Gasteiger partial charge in [0.25, 0.3) is 0 Å². The van der Waals surface area contributed by atoms with E-state index in [1.54, 1.807) is 0 Å². The molecule has 3 nitrogen and oxygen atoms in total. The molecule has 0 bridgehead atoms. The molecular formula is C12H15NO2. The van der Waals surface area contributed by atoms with E-state index in [2.05, 4.69) is 0 Å². The zero-order valence-corrected chi connectivity index (χ0v) is 8.52. The molecule has 2 atom stereocenters. The Morgan fingerprint density at radius 3 is 2.60 bits per heavy atom. The minimum absolute atomic E-state index is 0.298. The van der Waals surface area contributed by atoms with Crippen molar-refractivity contribution in [1.82, 2.24) is 0 Å². The zero-order valence-electron chi connectivity index (χ0n) is 8.52. The van der Waals surface area contributed by atoms with E-state index >= 15 is 0 Å². The predicted molar refractivity (Wildman–Crippen MR) is 57.6 cm³/mol. The second-order valence-electron chi connectivity index (χ2n) is 4.31. The van der Waals surface area contributed by atoms with Gasteiger partial charge in [-0.15, -0.1) is 0 Å². The van der Waals surface area contributed by atoms with Gasteiger partial charge in [-0.25, -0.2) is 0 Å². The van der Waals surface area contributed by atoms with Crippen LogP contribution < -0.4 is 5.73 Å². The fourth-order valence-corrected chi connectivity index (χ4v) is 2.28. The standard InChI is InChI=1S/C12H15NO2/c13-12(11(14)15)7-6-10(8-12)9-4-2-1-3-5-9/h1-5,10H,6-8,13H2,(H,14,15)/t10-,12-/m0/s1. The molecule has 80 valence electrons. The highest BCUT2D eigenvalue weighted by Gasteiger charge is 2.42. The first-order chi connectivity index (χ1) is 7.12. The lowest BCUT2D eigenvalue weighted by molar-refractivity contribution is -0.143. The summed E-state index contributed by atoms with van der Waals surface area (Å²) in [6.45, 7) is 0. The third kappa shape index (κ3) is 1.88. The summed E-state index contributed by atoms with van der Waals surface area (Å²) in [7, 11) is 0. The van der Waals surface area contributed by atoms with E-state index in [-0.39, 0.29) is 0 Å². The number of rotatable bonds is 2. The summed E-state index contributed by atoms with van der Waals surface area (Å²) < 4.78 is 0. The van der Waals surface area contributed by atoms with E-state index in [9.17, 15) is 4.79 Å². The molecule has 0 unspecified atom stereocenters. The van der Waals surface area contributed by atoms with Gasteiger partial charge in [-0.2, -0.15) is 0 Å². The third-order valence-corrected chi connectivity index (χ3v) is 3.25. The maximum atomic E-state index is 11.0. The average molecular weight is 205 g/mol. The van der Waals surface area contributed by atoms with Gasteiger partial charge in [0.2, 0.25) is 0 Å². The van der Waals surface area contributed by atoms with Crippen LogP contribution in [0.1, 0.15) is 30.7 Å². The van der Waals surface area contributed by atoms with Crippen LogP contribution >= 0.6 is 0 Å². The maximum Gasteiger partial charge on any atom is 0.323 e. The summed E-state index contributed by atoms with van der Waals surface area (Å²) in [5.74, 6) is -0.576. The number of aliphatic carboxylic acids is 1. The van der Waals surface area contributed by atoms with Crippen molar-refractivity contribution in [2.45, 2.75) is 30.7 Å². The number of hydrogen-bond acceptors (Lipinski definition) is 2. The number of nitrogens with two attached hydrogens (primary N) is 1. The van der Waals surface area contributed by atoms with Gasteiger partial charge < -0.3 is 10.8 Å². The first kappa shape index (κ1) is 10.2. The Morgan fingerprint density at radius 1 is 1.40 bits per heavy atom. The molecule has 0 amide bonds. The first-order valence-corrected chi connectivity index (χ1v) is 5.19. The van der Waals surface area contributed by atoms with Gasteiger partial charge in [0.1, 0.15) is 5.54 Å². The highest BCUT2D eigenvalue weighted by molar-refractivity contribution is 5.79. The summed E-state index contributed by atoms with van der Waals surface area (Å²) in [6.07, 6.45) is 1.99. The molecule has 1 aliphatic carbocycles. The Balaban J connectivity index is 2.14. The van der Waals surface area contributed by atoms with Crippen molar-refractivity contribution in [1.29, 1.82) is 0 Å². The van der Waals surface area contributed by atoms with E-state index in [0.29, 0.717) is 18.8 Å². The largest absolute Gasteiger partial charge is 0.480 e. The van der Waals surface area contributed by atoms with Crippen molar-refractivity contribution in [3.05, 3.63) is 35.9 Å². The molecule has 1 saturated carbocycles. The quantitative estimate of drug-likeness (QED) is 0.773. The van der Waals surface area contributed by atoms with Gasteiger partial charge in [-0.05, 0) is 30.7 Å². The van der Waals surface area contributed by atoms with Gasteiger partial charge >= 0.3 is 5.97 Å². The number of carboxylic acid groups (broad SMARTS) is 1. The van der Waals surface area contributed by atoms with Crippen molar-refractivity contribution >= 4 is 5.97 Å². The van der Waals surface area contributed by atoms with Crippen LogP contribution in [0.3, 0.4) is 0 Å². The fraction of sp³-hybridized carbons (Fsp3) is 0.417. The summed E-state index contributed by atoms with van der Waals surface area (Å²) >= 11 is 0. The van der Waals surface area contributed by atoms with Crippen LogP contribution in [0.4, 0.5) is 0 Å². The number of carbonyl (C=O) groups is 1. The molecule has 1 aromatic rings. The first-order valence-electron chi connectivity index (χ1n) is 5.19. The predicted octanol–water partition coefficient (Wildman–Crippen LogP) is 1.74. The Labute approximate surface area is 88.9 Å². The minimum Gasteiger partial charge on any atom is -0.480 e. The zero-order chi connectivity index (χ0) is 10.9. The second-order valence-corrected chi connectivity index (χ2v) is 4.31. The van der Waals surface area contributed by atoms with E-state index in [1.807, 2.05) is 30.3 Å². The van der Waals surface area contributed by atoms with Gasteiger partial charge in [0.05, 0.1) is 0 Å². The number of benzene rings is 1. The van der Waals surface area contributed by atoms with Gasteiger partial charge in [-0.1, -0.05) is 30.3 Å². The monoisotopic (exact) mass is 205 g/mol. The highest BCUT2D eigenvalue weighted by Crippen LogP contribution is 2.39. The van der Waals surface area contributed by atoms with E-state index in [1.165, 1.54) is 5.56 Å². The maximum absolute atomic E-state index is 11.0. The summed E-state index contributed by atoms with van der Waals surface area (Å²) in [4.78, 5) is 11.0. The lowest BCUT2D eigenvalue weighted by atomic mass is 9.93. The van der Waals surface area contributed by atoms with E-state index < -0.39 is 11.5 Å². The van der Waals surface area contributed by atoms with E-state index in [0.717, 1.165) is 6.42 Å². The molecule has 0 radical (unpaired) electrons. The fourth-order valence-electron chi connectivity index (χ4n) is 2.28. The molecule has 0 spiro atoms. The summed E-state index contributed by atoms with van der Waals surface area (Å²) in [5, 5.41) is 9.01. The van der Waals surface area contributed by atoms with Crippen LogP contribution in [0.2, 0.25) is 0 Å². The van der Waals surface area contributed by atoms with Crippen LogP contribution in [0.5, 0.6) is 0 Å². The normalized spacial score (nSPS) is 30.3. The Hall–Kier alpha value is -1.35. The van der Waals surface area contributed by atoms with Gasteiger partial charge in [0.15, 0.2) is 0 Å². The van der Waals surface area contributed by atoms with Crippen LogP contribution in [0, 0.1) is 0 Å². The van der Waals surface area contributed by atoms with E-state index in [4.69, 9.17) is 10.8 Å². The summed E-state index contributed by atoms with van der Waals surface area (Å²) in [5.41, 5.74) is 6.02. The number of carboxylic acids is 1. The molecule has 3 heteroatoms. The van der Waals surface area contributed by atoms with Crippen molar-refractivity contribution in [3.8, 4) is 0 Å². The molecule has 2 rings (SSSR count). The van der Waals surface area contributed by atoms with Crippen molar-refractivity contribution < 1.29 is 9.90 Å². The topological polar surface area (TPSA) is 63.3 Å². The van der Waals surface area contributed by atoms with Crippen molar-refractivity contribution in [3.63, 3.8) is 0 Å². The lowest BCUT2D eigenvalue weighted by Gasteiger charge is -2.18. The second kappa shape index (κ2) is 3.66. The summed E-state index contributed by atoms with van der Waals surface area (Å²) in [6, 6.07) is 10.0. The Kier molecular flexibility index (Phi) is 2.49. The molecule has 0 saturated heterocycles. The third-order valence-electron chi connectivity index (χ3n) is 3.25. The molecule has 1 aliphatic rings. The van der Waals surface area contributed by atoms with Gasteiger partial charge in [0, 0.05) is 0 Å². The van der Waals surface area contributed by atoms with Crippen LogP contribution in [0.15, 0.2) is 30.3 Å². The smallest absolute Gasteiger partial charge is 0.323 e. The van der Waals surface area contributed by atoms with Crippen LogP contribution in [-0.2, 0) is 4.79 Å². The van der Waals surface area contributed by atoms with Crippen molar-refractivity contribution in [2.75, 3.05) is 0 Å². The molecular weight excluding hydrogens is 190 g/mol. The van der Waals surface area contributed by atoms with Crippen molar-refractivity contribution in [2.24, 2.45) is 5.73 Å². The minimum atomic E-state index is -1.01. The Bertz CT molecular complexity index is 363. The molecule has 15 heavy (non-hydrogen) atoms. The molecule has 0 aromatic heterocycles. The van der Waals surface area contributed by atoms with Gasteiger partial charge in [-0.3, -0.25) is 4.79 Å². The average Bonchev–Trinajstić information content (AvgIpc) is 2.64. The SMILES string of the molecule is N[C@@]1(C(=O)O)CC[C@H](c2ccccc2)C1. The molecule has 1 fully saturated rings. The highest BCUT2D eigenvalue weighted by atomic mass is 16.4.